The molecule has 3 aromatic rings. The van der Waals surface area contributed by atoms with Crippen LogP contribution in [0.2, 0.25) is 0 Å². The summed E-state index contributed by atoms with van der Waals surface area (Å²) in [6.07, 6.45) is 0.726. The van der Waals surface area contributed by atoms with Gasteiger partial charge in [0.05, 0.1) is 22.0 Å². The lowest BCUT2D eigenvalue weighted by molar-refractivity contribution is 0.477. The summed E-state index contributed by atoms with van der Waals surface area (Å²) in [5.41, 5.74) is 6.02. The van der Waals surface area contributed by atoms with Gasteiger partial charge in [0.1, 0.15) is 34.6 Å². The Morgan fingerprint density at radius 3 is 2.35 bits per heavy atom. The number of aromatic nitrogens is 3. The van der Waals surface area contributed by atoms with Crippen LogP contribution in [-0.4, -0.2) is 58.6 Å². The van der Waals surface area contributed by atoms with Crippen LogP contribution in [0.4, 0.5) is 11.6 Å². The van der Waals surface area contributed by atoms with Gasteiger partial charge in [0.2, 0.25) is 0 Å². The molecule has 2 aromatic heterocycles. The van der Waals surface area contributed by atoms with E-state index in [1.807, 2.05) is 26.8 Å². The second-order valence-electron chi connectivity index (χ2n) is 9.81. The van der Waals surface area contributed by atoms with Crippen molar-refractivity contribution in [3.63, 3.8) is 0 Å². The van der Waals surface area contributed by atoms with Gasteiger partial charge in [0, 0.05) is 11.6 Å². The number of aryl methyl sites for hydroxylation is 1. The highest BCUT2D eigenvalue weighted by atomic mass is 32.2. The topological polar surface area (TPSA) is 230 Å². The van der Waals surface area contributed by atoms with Crippen molar-refractivity contribution in [3.8, 4) is 11.8 Å². The van der Waals surface area contributed by atoms with Crippen molar-refractivity contribution in [2.24, 2.45) is 26.5 Å². The van der Waals surface area contributed by atoms with E-state index in [0.717, 1.165) is 22.9 Å². The standard InChI is InChI=1S/C23H25N9O6S2/c1-13-15(12-24)22(31(29-13)16-11-14(39(33,34)35)8-9-17(16)40(36,37)38)28-27-19-20(23(2,3)4)30-32(21(19)25)18-7-5-6-10-26-18/h5-11,19,21H,25H2,1-4H3,(H,33,34,35)(H,36,37,38). The minimum Gasteiger partial charge on any atom is -0.307 e. The van der Waals surface area contributed by atoms with Gasteiger partial charge in [-0.2, -0.15) is 37.4 Å². The first-order chi connectivity index (χ1) is 18.5. The lowest BCUT2D eigenvalue weighted by Gasteiger charge is -2.23. The quantitative estimate of drug-likeness (QED) is 0.280. The molecule has 0 spiro atoms. The molecule has 4 N–H and O–H groups in total. The van der Waals surface area contributed by atoms with Crippen LogP contribution in [0, 0.1) is 23.7 Å². The maximum Gasteiger partial charge on any atom is 0.296 e. The molecule has 0 fully saturated rings. The summed E-state index contributed by atoms with van der Waals surface area (Å²) in [5.74, 6) is 0.196. The van der Waals surface area contributed by atoms with E-state index in [1.54, 1.807) is 24.4 Å². The molecule has 4 rings (SSSR count). The van der Waals surface area contributed by atoms with E-state index in [1.165, 1.54) is 11.9 Å². The van der Waals surface area contributed by atoms with Gasteiger partial charge in [-0.1, -0.05) is 26.8 Å². The Morgan fingerprint density at radius 2 is 1.80 bits per heavy atom. The van der Waals surface area contributed by atoms with Gasteiger partial charge in [-0.05, 0) is 37.3 Å². The number of nitrogens with two attached hydrogens (primary N) is 1. The zero-order chi connectivity index (χ0) is 29.6. The zero-order valence-electron chi connectivity index (χ0n) is 21.7. The van der Waals surface area contributed by atoms with Crippen molar-refractivity contribution in [1.82, 2.24) is 14.8 Å². The molecule has 0 bridgehead atoms. The molecule has 2 unspecified atom stereocenters. The summed E-state index contributed by atoms with van der Waals surface area (Å²) in [5, 5.41) is 28.7. The Bertz CT molecular complexity index is 1790. The number of nitriles is 1. The predicted octanol–water partition coefficient (Wildman–Crippen LogP) is 2.60. The number of pyridine rings is 1. The first kappa shape index (κ1) is 28.9. The highest BCUT2D eigenvalue weighted by molar-refractivity contribution is 7.86. The van der Waals surface area contributed by atoms with Crippen molar-refractivity contribution < 1.29 is 25.9 Å². The smallest absolute Gasteiger partial charge is 0.296 e. The molecular formula is C23H25N9O6S2. The average molecular weight is 588 g/mol. The highest BCUT2D eigenvalue weighted by Gasteiger charge is 2.42. The molecule has 15 nitrogen and oxygen atoms in total. The summed E-state index contributed by atoms with van der Waals surface area (Å²) in [6.45, 7) is 7.14. The fourth-order valence-corrected chi connectivity index (χ4v) is 5.16. The van der Waals surface area contributed by atoms with Gasteiger partial charge in [-0.3, -0.25) is 9.11 Å². The molecule has 3 heterocycles. The number of rotatable bonds is 6. The van der Waals surface area contributed by atoms with Crippen LogP contribution in [0.15, 0.2) is 67.7 Å². The van der Waals surface area contributed by atoms with E-state index < -0.39 is 53.3 Å². The van der Waals surface area contributed by atoms with Crippen LogP contribution >= 0.6 is 0 Å². The van der Waals surface area contributed by atoms with Crippen LogP contribution in [-0.2, 0) is 20.2 Å². The van der Waals surface area contributed by atoms with E-state index in [-0.39, 0.29) is 17.1 Å². The molecule has 1 aromatic carbocycles. The van der Waals surface area contributed by atoms with Crippen molar-refractivity contribution in [2.75, 3.05) is 5.01 Å². The van der Waals surface area contributed by atoms with Crippen LogP contribution < -0.4 is 10.7 Å². The molecule has 40 heavy (non-hydrogen) atoms. The Balaban J connectivity index is 1.90. The molecule has 1 aliphatic rings. The minimum atomic E-state index is -4.92. The highest BCUT2D eigenvalue weighted by Crippen LogP contribution is 2.34. The van der Waals surface area contributed by atoms with Gasteiger partial charge in [0.15, 0.2) is 5.82 Å². The van der Waals surface area contributed by atoms with E-state index in [0.29, 0.717) is 11.5 Å². The van der Waals surface area contributed by atoms with Gasteiger partial charge < -0.3 is 5.73 Å². The Morgan fingerprint density at radius 1 is 1.10 bits per heavy atom. The zero-order valence-corrected chi connectivity index (χ0v) is 23.3. The van der Waals surface area contributed by atoms with Crippen LogP contribution in [0.1, 0.15) is 32.0 Å². The van der Waals surface area contributed by atoms with E-state index in [2.05, 4.69) is 25.4 Å². The van der Waals surface area contributed by atoms with Gasteiger partial charge in [-0.15, -0.1) is 5.11 Å². The van der Waals surface area contributed by atoms with Crippen LogP contribution in [0.3, 0.4) is 0 Å². The third kappa shape index (κ3) is 5.48. The summed E-state index contributed by atoms with van der Waals surface area (Å²) in [6, 6.07) is 8.64. The molecule has 1 aliphatic heterocycles. The van der Waals surface area contributed by atoms with Crippen molar-refractivity contribution >= 4 is 37.6 Å². The van der Waals surface area contributed by atoms with E-state index in [9.17, 15) is 31.2 Å². The Hall–Kier alpha value is -4.08. The summed E-state index contributed by atoms with van der Waals surface area (Å²) < 4.78 is 68.0. The largest absolute Gasteiger partial charge is 0.307 e. The maximum absolute atomic E-state index is 12.1. The molecule has 17 heteroatoms. The molecule has 0 aliphatic carbocycles. The molecule has 0 amide bonds. The third-order valence-corrected chi connectivity index (χ3v) is 7.66. The normalized spacial score (nSPS) is 18.2. The minimum absolute atomic E-state index is 0.102. The van der Waals surface area contributed by atoms with Crippen LogP contribution in [0.25, 0.3) is 5.69 Å². The fourth-order valence-electron chi connectivity index (χ4n) is 4.01. The molecule has 0 saturated heterocycles. The van der Waals surface area contributed by atoms with Crippen molar-refractivity contribution in [3.05, 3.63) is 53.9 Å². The lowest BCUT2D eigenvalue weighted by atomic mass is 9.85. The number of benzene rings is 1. The number of hydrazone groups is 1. The van der Waals surface area contributed by atoms with Crippen molar-refractivity contribution in [2.45, 2.75) is 49.7 Å². The number of azo groups is 1. The third-order valence-electron chi connectivity index (χ3n) is 5.91. The fraction of sp³-hybridized carbons (Fsp3) is 0.304. The first-order valence-electron chi connectivity index (χ1n) is 11.6. The molecule has 210 valence electrons. The lowest BCUT2D eigenvalue weighted by Crippen LogP contribution is -2.45. The molecule has 0 radical (unpaired) electrons. The number of nitrogens with zero attached hydrogens (tertiary/aromatic N) is 8. The summed E-state index contributed by atoms with van der Waals surface area (Å²) in [4.78, 5) is 2.85. The van der Waals surface area contributed by atoms with Crippen LogP contribution in [0.5, 0.6) is 0 Å². The van der Waals surface area contributed by atoms with Gasteiger partial charge in [0.25, 0.3) is 20.2 Å². The molecular weight excluding hydrogens is 562 g/mol. The van der Waals surface area contributed by atoms with Gasteiger partial charge >= 0.3 is 0 Å². The number of hydrogen-bond acceptors (Lipinski definition) is 12. The number of anilines is 1. The van der Waals surface area contributed by atoms with E-state index >= 15 is 0 Å². The number of hydrogen-bond donors (Lipinski definition) is 3. The second kappa shape index (κ2) is 10.1. The van der Waals surface area contributed by atoms with Gasteiger partial charge in [-0.25, -0.2) is 14.7 Å². The average Bonchev–Trinajstić information content (AvgIpc) is 3.37. The summed E-state index contributed by atoms with van der Waals surface area (Å²) >= 11 is 0. The van der Waals surface area contributed by atoms with E-state index in [4.69, 9.17) is 5.73 Å². The predicted molar refractivity (Wildman–Crippen MR) is 143 cm³/mol. The molecule has 2 atom stereocenters. The maximum atomic E-state index is 12.1. The monoisotopic (exact) mass is 587 g/mol. The summed E-state index contributed by atoms with van der Waals surface area (Å²) in [7, 11) is -9.71. The Kier molecular flexibility index (Phi) is 7.34. The second-order valence-corrected chi connectivity index (χ2v) is 12.6. The van der Waals surface area contributed by atoms with Crippen molar-refractivity contribution in [1.29, 1.82) is 5.26 Å². The SMILES string of the molecule is Cc1nn(-c2cc(S(=O)(=O)O)ccc2S(=O)(=O)O)c(N=NC2C(C(C)(C)C)=NN(c3ccccn3)C2N)c1C#N. The molecule has 0 saturated carbocycles. The Labute approximate surface area is 230 Å². The first-order valence-corrected chi connectivity index (χ1v) is 14.5.